The second-order valence-electron chi connectivity index (χ2n) is 5.29. The van der Waals surface area contributed by atoms with Crippen molar-refractivity contribution in [1.82, 2.24) is 4.90 Å². The molecule has 3 aliphatic rings. The Morgan fingerprint density at radius 3 is 2.33 bits per heavy atom. The third-order valence-electron chi connectivity index (χ3n) is 3.36. The van der Waals surface area contributed by atoms with Crippen molar-refractivity contribution >= 4 is 40.0 Å². The van der Waals surface area contributed by atoms with Gasteiger partial charge < -0.3 is 44.2 Å². The average Bonchev–Trinajstić information content (AvgIpc) is 3.04. The summed E-state index contributed by atoms with van der Waals surface area (Å²) in [6.45, 7) is -0.449. The van der Waals surface area contributed by atoms with Gasteiger partial charge in [0.15, 0.2) is 18.1 Å². The standard InChI is InChI=1S/C10H13N5O4.2Na.H4O7P2/c11-8-5-9(13-2-12-8)15(3-14-5)10-7(18)6(17)4(1-16)19-10;;;1-8(2,3)7-9(4,5)6/h2-7,10-11,16-18H,1H2;;;(H2,1,2,3)(H2,4,5,6)/q;2*+1;/p-2/t4-,5?,6-,7-,10-;;;/m1.../s1/i5D;;;. The molecular weight excluding hydrogens is 474 g/mol. The Kier molecular flexibility index (Phi) is 11.6. The summed E-state index contributed by atoms with van der Waals surface area (Å²) in [4.78, 5) is 46.8. The second-order valence-corrected chi connectivity index (χ2v) is 7.82. The van der Waals surface area contributed by atoms with Crippen molar-refractivity contribution in [2.75, 3.05) is 6.61 Å². The van der Waals surface area contributed by atoms with Crippen LogP contribution in [0.1, 0.15) is 1.37 Å². The van der Waals surface area contributed by atoms with Gasteiger partial charge in [0.05, 0.1) is 22.1 Å². The number of nitrogens with zero attached hydrogens (tertiary/aromatic N) is 4. The number of fused-ring (bicyclic) bond motifs is 1. The van der Waals surface area contributed by atoms with E-state index in [9.17, 15) is 29.1 Å². The molecule has 20 heteroatoms. The van der Waals surface area contributed by atoms with Gasteiger partial charge in [-0.3, -0.25) is 19.6 Å². The Hall–Kier alpha value is 0.580. The van der Waals surface area contributed by atoms with Crippen molar-refractivity contribution in [3.8, 4) is 0 Å². The molecule has 0 aromatic carbocycles. The molecule has 1 fully saturated rings. The minimum absolute atomic E-state index is 0. The Morgan fingerprint density at radius 2 is 1.90 bits per heavy atom. The summed E-state index contributed by atoms with van der Waals surface area (Å²) < 4.78 is 35.1. The van der Waals surface area contributed by atoms with E-state index in [-0.39, 0.29) is 70.8 Å². The molecule has 30 heavy (non-hydrogen) atoms. The molecule has 3 rings (SSSR count). The van der Waals surface area contributed by atoms with E-state index in [2.05, 4.69) is 19.3 Å². The maximum atomic E-state index is 9.97. The SMILES string of the molecule is O=P([O-])([O-])OP(=O)(O)O.[2H]C12N=CN([C@@H]3O[C@H](CO)[C@@H](O)[C@H]3O)C1=NC=NC2=N.[Na+].[Na+]. The molecule has 6 N–H and O–H groups in total. The number of aliphatic hydroxyl groups excluding tert-OH is 3. The van der Waals surface area contributed by atoms with Crippen molar-refractivity contribution in [3.63, 3.8) is 0 Å². The number of hydrogen-bond acceptors (Lipinski definition) is 13. The van der Waals surface area contributed by atoms with Crippen molar-refractivity contribution in [3.05, 3.63) is 0 Å². The second kappa shape index (κ2) is 12.2. The number of phosphoric acid groups is 2. The Bertz CT molecular complexity index is 833. The largest absolute Gasteiger partial charge is 1.00 e. The smallest absolute Gasteiger partial charge is 0.789 e. The van der Waals surface area contributed by atoms with E-state index in [0.29, 0.717) is 0 Å². The van der Waals surface area contributed by atoms with Gasteiger partial charge in [-0.2, -0.15) is 0 Å². The molecule has 1 saturated heterocycles. The number of amidine groups is 2. The van der Waals surface area contributed by atoms with Crippen molar-refractivity contribution < 1.29 is 114 Å². The molecule has 0 aliphatic carbocycles. The zero-order chi connectivity index (χ0) is 22.2. The summed E-state index contributed by atoms with van der Waals surface area (Å²) in [6.07, 6.45) is -2.17. The van der Waals surface area contributed by atoms with Gasteiger partial charge in [0.1, 0.15) is 30.5 Å². The van der Waals surface area contributed by atoms with Gasteiger partial charge in [-0.15, -0.1) is 0 Å². The maximum Gasteiger partial charge on any atom is 1.00 e. The van der Waals surface area contributed by atoms with Crippen LogP contribution in [0.15, 0.2) is 15.0 Å². The molecule has 0 aromatic rings. The molecule has 3 aliphatic heterocycles. The van der Waals surface area contributed by atoms with Gasteiger partial charge in [-0.1, -0.05) is 0 Å². The van der Waals surface area contributed by atoms with Crippen molar-refractivity contribution in [2.24, 2.45) is 15.0 Å². The van der Waals surface area contributed by atoms with Crippen molar-refractivity contribution in [2.45, 2.75) is 30.6 Å². The van der Waals surface area contributed by atoms with Crippen LogP contribution in [0.25, 0.3) is 0 Å². The molecule has 158 valence electrons. The van der Waals surface area contributed by atoms with Gasteiger partial charge in [0.2, 0.25) is 0 Å². The summed E-state index contributed by atoms with van der Waals surface area (Å²) in [6, 6.07) is -1.76. The number of aliphatic hydroxyl groups is 3. The Morgan fingerprint density at radius 1 is 1.30 bits per heavy atom. The van der Waals surface area contributed by atoms with Crippen LogP contribution in [0.2, 0.25) is 0 Å². The minimum Gasteiger partial charge on any atom is -0.789 e. The van der Waals surface area contributed by atoms with Crippen LogP contribution in [-0.2, 0) is 18.2 Å². The fraction of sp³-hybridized carbons (Fsp3) is 0.600. The zero-order valence-electron chi connectivity index (χ0n) is 16.5. The van der Waals surface area contributed by atoms with Crippen LogP contribution in [0, 0.1) is 5.41 Å². The first-order valence-electron chi connectivity index (χ1n) is 7.64. The van der Waals surface area contributed by atoms with Gasteiger partial charge in [0.25, 0.3) is 0 Å². The van der Waals surface area contributed by atoms with Gasteiger partial charge in [-0.05, 0) is 0 Å². The number of rotatable bonds is 4. The van der Waals surface area contributed by atoms with E-state index in [0.717, 1.165) is 6.34 Å². The first-order valence-corrected chi connectivity index (χ1v) is 10.1. The molecule has 0 spiro atoms. The Balaban J connectivity index is 0.000000709. The first kappa shape index (κ1) is 28.6. The summed E-state index contributed by atoms with van der Waals surface area (Å²) in [7, 11) is -10.7. The first-order chi connectivity index (χ1) is 13.2. The maximum absolute atomic E-state index is 9.97. The molecular formula is C10H15N5Na2O11P2. The van der Waals surface area contributed by atoms with Crippen LogP contribution < -0.4 is 68.9 Å². The van der Waals surface area contributed by atoms with E-state index >= 15 is 0 Å². The molecule has 0 amide bonds. The molecule has 1 unspecified atom stereocenters. The fourth-order valence-electron chi connectivity index (χ4n) is 2.28. The normalized spacial score (nSPS) is 32.9. The molecule has 0 radical (unpaired) electrons. The third kappa shape index (κ3) is 8.17. The van der Waals surface area contributed by atoms with Crippen LogP contribution >= 0.6 is 15.6 Å². The molecule has 3 heterocycles. The summed E-state index contributed by atoms with van der Waals surface area (Å²) in [5, 5.41) is 36.4. The number of ether oxygens (including phenoxy) is 1. The number of aliphatic imine (C=N–C) groups is 3. The predicted octanol–water partition coefficient (Wildman–Crippen LogP) is -10.5. The van der Waals surface area contributed by atoms with E-state index < -0.39 is 52.8 Å². The summed E-state index contributed by atoms with van der Waals surface area (Å²) in [5.41, 5.74) is 0. The fourth-order valence-corrected chi connectivity index (χ4v) is 3.32. The molecule has 0 bridgehead atoms. The topological polar surface area (TPSA) is 264 Å². The van der Waals surface area contributed by atoms with Crippen LogP contribution in [0.5, 0.6) is 0 Å². The van der Waals surface area contributed by atoms with Gasteiger partial charge in [0, 0.05) is 0 Å². The zero-order valence-corrected chi connectivity index (χ0v) is 21.3. The Labute approximate surface area is 214 Å². The monoisotopic (exact) mass is 490 g/mol. The predicted molar refractivity (Wildman–Crippen MR) is 86.3 cm³/mol. The quantitative estimate of drug-likeness (QED) is 0.158. The van der Waals surface area contributed by atoms with E-state index in [1.165, 1.54) is 11.2 Å². The van der Waals surface area contributed by atoms with Crippen LogP contribution in [0.3, 0.4) is 0 Å². The minimum atomic E-state index is -5.55. The number of hydrogen-bond donors (Lipinski definition) is 6. The van der Waals surface area contributed by atoms with E-state index in [4.69, 9.17) is 26.4 Å². The van der Waals surface area contributed by atoms with E-state index in [1.807, 2.05) is 0 Å². The summed E-state index contributed by atoms with van der Waals surface area (Å²) >= 11 is 0. The van der Waals surface area contributed by atoms with Crippen molar-refractivity contribution in [1.29, 1.82) is 5.41 Å². The summed E-state index contributed by atoms with van der Waals surface area (Å²) in [5.74, 6) is -0.236. The molecule has 5 atom stereocenters. The molecule has 0 saturated carbocycles. The van der Waals surface area contributed by atoms with Crippen LogP contribution in [-0.4, -0.2) is 91.5 Å². The van der Waals surface area contributed by atoms with Gasteiger partial charge in [-0.25, -0.2) is 14.5 Å². The average molecular weight is 490 g/mol. The molecule has 0 aromatic heterocycles. The third-order valence-corrected chi connectivity index (χ3v) is 5.01. The number of nitrogens with one attached hydrogen (secondary N) is 1. The molecule has 16 nitrogen and oxygen atoms in total. The van der Waals surface area contributed by atoms with E-state index in [1.54, 1.807) is 0 Å². The van der Waals surface area contributed by atoms with Gasteiger partial charge >= 0.3 is 66.9 Å². The van der Waals surface area contributed by atoms with Crippen LogP contribution in [0.4, 0.5) is 0 Å².